The minimum absolute atomic E-state index is 0.0729. The maximum atomic E-state index is 12.5. The zero-order chi connectivity index (χ0) is 22.9. The molecular weight excluding hydrogens is 426 g/mol. The Morgan fingerprint density at radius 2 is 1.91 bits per heavy atom. The first-order chi connectivity index (χ1) is 15.4. The summed E-state index contributed by atoms with van der Waals surface area (Å²) in [6, 6.07) is 14.4. The Balaban J connectivity index is 1.55. The van der Waals surface area contributed by atoms with Crippen LogP contribution < -0.4 is 14.8 Å². The second-order valence-electron chi connectivity index (χ2n) is 6.99. The molecular formula is C24H25N3O4S. The van der Waals surface area contributed by atoms with Gasteiger partial charge in [0.25, 0.3) is 0 Å². The van der Waals surface area contributed by atoms with E-state index in [0.29, 0.717) is 23.8 Å². The van der Waals surface area contributed by atoms with E-state index in [0.717, 1.165) is 16.3 Å². The normalized spacial score (nSPS) is 10.7. The molecule has 0 aliphatic carbocycles. The molecule has 8 heteroatoms. The summed E-state index contributed by atoms with van der Waals surface area (Å²) in [5.41, 5.74) is 2.27. The number of rotatable bonds is 9. The number of hydrogen-bond acceptors (Lipinski definition) is 6. The Hall–Kier alpha value is -3.65. The van der Waals surface area contributed by atoms with Gasteiger partial charge in [-0.15, -0.1) is 11.3 Å². The molecule has 32 heavy (non-hydrogen) atoms. The third-order valence-corrected chi connectivity index (χ3v) is 5.32. The standard InChI is InChI=1S/C24H25N3O4S/c1-17-25-20(16-32-17)15-31-22-7-5-4-6-18(22)8-13-24(29)27(2)14-23(28)26-19-9-11-21(30-3)12-10-19/h4-13,16H,14-15H2,1-3H3,(H,26,28)/b13-8+. The molecule has 0 fully saturated rings. The summed E-state index contributed by atoms with van der Waals surface area (Å²) in [6.45, 7) is 2.23. The Morgan fingerprint density at radius 1 is 1.16 bits per heavy atom. The van der Waals surface area contributed by atoms with E-state index in [2.05, 4.69) is 10.3 Å². The highest BCUT2D eigenvalue weighted by atomic mass is 32.1. The number of aryl methyl sites for hydroxylation is 1. The number of carbonyl (C=O) groups excluding carboxylic acids is 2. The molecule has 0 saturated carbocycles. The molecule has 0 spiro atoms. The van der Waals surface area contributed by atoms with Crippen molar-refractivity contribution in [2.45, 2.75) is 13.5 Å². The molecule has 7 nitrogen and oxygen atoms in total. The predicted octanol–water partition coefficient (Wildman–Crippen LogP) is 4.15. The van der Waals surface area contributed by atoms with E-state index in [1.54, 1.807) is 55.8 Å². The number of amides is 2. The molecule has 1 N–H and O–H groups in total. The van der Waals surface area contributed by atoms with Crippen molar-refractivity contribution in [1.29, 1.82) is 0 Å². The Labute approximate surface area is 191 Å². The van der Waals surface area contributed by atoms with E-state index < -0.39 is 0 Å². The van der Waals surface area contributed by atoms with Gasteiger partial charge in [0.15, 0.2) is 0 Å². The molecule has 1 aromatic heterocycles. The molecule has 3 aromatic rings. The monoisotopic (exact) mass is 451 g/mol. The Bertz CT molecular complexity index is 1090. The smallest absolute Gasteiger partial charge is 0.246 e. The van der Waals surface area contributed by atoms with Crippen molar-refractivity contribution in [2.75, 3.05) is 26.0 Å². The van der Waals surface area contributed by atoms with Crippen LogP contribution >= 0.6 is 11.3 Å². The quantitative estimate of drug-likeness (QED) is 0.495. The lowest BCUT2D eigenvalue weighted by Gasteiger charge is -2.15. The second kappa shape index (κ2) is 11.1. The second-order valence-corrected chi connectivity index (χ2v) is 8.05. The number of thiazole rings is 1. The van der Waals surface area contributed by atoms with Gasteiger partial charge >= 0.3 is 0 Å². The van der Waals surface area contributed by atoms with Crippen molar-refractivity contribution in [3.05, 3.63) is 76.3 Å². The van der Waals surface area contributed by atoms with Gasteiger partial charge in [-0.2, -0.15) is 0 Å². The number of nitrogens with one attached hydrogen (secondary N) is 1. The van der Waals surface area contributed by atoms with Crippen molar-refractivity contribution in [3.8, 4) is 11.5 Å². The number of benzene rings is 2. The molecule has 166 valence electrons. The lowest BCUT2D eigenvalue weighted by atomic mass is 10.2. The highest BCUT2D eigenvalue weighted by Crippen LogP contribution is 2.21. The van der Waals surface area contributed by atoms with Crippen LogP contribution in [0.1, 0.15) is 16.3 Å². The molecule has 1 heterocycles. The number of para-hydroxylation sites is 1. The Kier molecular flexibility index (Phi) is 7.99. The van der Waals surface area contributed by atoms with E-state index in [4.69, 9.17) is 9.47 Å². The van der Waals surface area contributed by atoms with Gasteiger partial charge in [0, 0.05) is 29.8 Å². The number of hydrogen-bond donors (Lipinski definition) is 1. The number of aromatic nitrogens is 1. The van der Waals surface area contributed by atoms with Crippen molar-refractivity contribution in [3.63, 3.8) is 0 Å². The van der Waals surface area contributed by atoms with Crippen LogP contribution in [-0.2, 0) is 16.2 Å². The van der Waals surface area contributed by atoms with Gasteiger partial charge < -0.3 is 19.7 Å². The molecule has 2 aromatic carbocycles. The van der Waals surface area contributed by atoms with Gasteiger partial charge in [0.05, 0.1) is 24.4 Å². The number of carbonyl (C=O) groups is 2. The number of anilines is 1. The molecule has 0 saturated heterocycles. The average molecular weight is 452 g/mol. The van der Waals surface area contributed by atoms with Crippen LogP contribution in [0.25, 0.3) is 6.08 Å². The first kappa shape index (κ1) is 23.0. The van der Waals surface area contributed by atoms with Gasteiger partial charge in [-0.1, -0.05) is 18.2 Å². The third kappa shape index (κ3) is 6.68. The molecule has 0 bridgehead atoms. The van der Waals surface area contributed by atoms with Crippen molar-refractivity contribution >= 4 is 34.9 Å². The van der Waals surface area contributed by atoms with Crippen molar-refractivity contribution < 1.29 is 19.1 Å². The SMILES string of the molecule is COc1ccc(NC(=O)CN(C)C(=O)/C=C/c2ccccc2OCc2csc(C)n2)cc1. The number of ether oxygens (including phenoxy) is 2. The minimum atomic E-state index is -0.292. The fourth-order valence-corrected chi connectivity index (χ4v) is 3.43. The van der Waals surface area contributed by atoms with E-state index >= 15 is 0 Å². The van der Waals surface area contributed by atoms with Gasteiger partial charge in [-0.05, 0) is 43.3 Å². The van der Waals surface area contributed by atoms with Crippen LogP contribution in [0.2, 0.25) is 0 Å². The van der Waals surface area contributed by atoms with Gasteiger partial charge in [-0.3, -0.25) is 9.59 Å². The first-order valence-corrected chi connectivity index (χ1v) is 10.8. The topological polar surface area (TPSA) is 80.8 Å². The minimum Gasteiger partial charge on any atom is -0.497 e. The average Bonchev–Trinajstić information content (AvgIpc) is 3.22. The molecule has 0 atom stereocenters. The summed E-state index contributed by atoms with van der Waals surface area (Å²) in [4.78, 5) is 30.5. The lowest BCUT2D eigenvalue weighted by molar-refractivity contribution is -0.129. The summed E-state index contributed by atoms with van der Waals surface area (Å²) in [5, 5.41) is 5.71. The fourth-order valence-electron chi connectivity index (χ4n) is 2.83. The van der Waals surface area contributed by atoms with E-state index in [-0.39, 0.29) is 18.4 Å². The summed E-state index contributed by atoms with van der Waals surface area (Å²) >= 11 is 1.57. The summed E-state index contributed by atoms with van der Waals surface area (Å²) in [7, 11) is 3.15. The Morgan fingerprint density at radius 3 is 2.59 bits per heavy atom. The number of nitrogens with zero attached hydrogens (tertiary/aromatic N) is 2. The van der Waals surface area contributed by atoms with Crippen molar-refractivity contribution in [1.82, 2.24) is 9.88 Å². The van der Waals surface area contributed by atoms with E-state index in [9.17, 15) is 9.59 Å². The zero-order valence-corrected chi connectivity index (χ0v) is 19.0. The summed E-state index contributed by atoms with van der Waals surface area (Å²) in [5.74, 6) is 0.773. The first-order valence-electron chi connectivity index (χ1n) is 9.94. The molecule has 0 aliphatic rings. The molecule has 0 radical (unpaired) electrons. The lowest BCUT2D eigenvalue weighted by Crippen LogP contribution is -2.33. The van der Waals surface area contributed by atoms with E-state index in [1.165, 1.54) is 11.0 Å². The molecule has 3 rings (SSSR count). The van der Waals surface area contributed by atoms with Crippen LogP contribution in [0.3, 0.4) is 0 Å². The largest absolute Gasteiger partial charge is 0.497 e. The van der Waals surface area contributed by atoms with Gasteiger partial charge in [0.2, 0.25) is 11.8 Å². The highest BCUT2D eigenvalue weighted by molar-refractivity contribution is 7.09. The summed E-state index contributed by atoms with van der Waals surface area (Å²) in [6.07, 6.45) is 3.11. The predicted molar refractivity (Wildman–Crippen MR) is 126 cm³/mol. The van der Waals surface area contributed by atoms with Gasteiger partial charge in [0.1, 0.15) is 18.1 Å². The van der Waals surface area contributed by atoms with Crippen molar-refractivity contribution in [2.24, 2.45) is 0 Å². The molecule has 2 amide bonds. The zero-order valence-electron chi connectivity index (χ0n) is 18.2. The van der Waals surface area contributed by atoms with Crippen LogP contribution in [0.15, 0.2) is 60.0 Å². The van der Waals surface area contributed by atoms with Crippen LogP contribution in [-0.4, -0.2) is 42.4 Å². The number of methoxy groups -OCH3 is 1. The molecule has 0 aliphatic heterocycles. The maximum Gasteiger partial charge on any atom is 0.246 e. The van der Waals surface area contributed by atoms with Gasteiger partial charge in [-0.25, -0.2) is 4.98 Å². The van der Waals surface area contributed by atoms with Crippen LogP contribution in [0, 0.1) is 6.92 Å². The number of likely N-dealkylation sites (N-methyl/N-ethyl adjacent to an activating group) is 1. The summed E-state index contributed by atoms with van der Waals surface area (Å²) < 4.78 is 11.0. The third-order valence-electron chi connectivity index (χ3n) is 4.50. The molecule has 0 unspecified atom stereocenters. The highest BCUT2D eigenvalue weighted by Gasteiger charge is 2.11. The van der Waals surface area contributed by atoms with Crippen LogP contribution in [0.5, 0.6) is 11.5 Å². The van der Waals surface area contributed by atoms with Crippen LogP contribution in [0.4, 0.5) is 5.69 Å². The maximum absolute atomic E-state index is 12.5. The fraction of sp³-hybridized carbons (Fsp3) is 0.208. The van der Waals surface area contributed by atoms with E-state index in [1.807, 2.05) is 36.6 Å².